The van der Waals surface area contributed by atoms with Gasteiger partial charge in [-0.1, -0.05) is 0 Å². The second-order valence-corrected chi connectivity index (χ2v) is 1.72. The normalized spacial score (nSPS) is 27.5. The van der Waals surface area contributed by atoms with Crippen molar-refractivity contribution in [3.05, 3.63) is 0 Å². The summed E-state index contributed by atoms with van der Waals surface area (Å²) in [6.07, 6.45) is -0.262. The van der Waals surface area contributed by atoms with Gasteiger partial charge in [-0.2, -0.15) is 0 Å². The van der Waals surface area contributed by atoms with E-state index in [1.165, 1.54) is 0 Å². The summed E-state index contributed by atoms with van der Waals surface area (Å²) in [6.45, 7) is 3.38. The van der Waals surface area contributed by atoms with Crippen LogP contribution in [0.15, 0.2) is 4.99 Å². The summed E-state index contributed by atoms with van der Waals surface area (Å²) in [5.41, 5.74) is 0.470. The quantitative estimate of drug-likeness (QED) is 0.425. The first kappa shape index (κ1) is 5.28. The van der Waals surface area contributed by atoms with Gasteiger partial charge in [0.05, 0.1) is 0 Å². The van der Waals surface area contributed by atoms with Gasteiger partial charge in [-0.25, -0.2) is 9.79 Å². The lowest BCUT2D eigenvalue weighted by Crippen LogP contribution is -2.06. The fourth-order valence-electron chi connectivity index (χ4n) is 0.592. The van der Waals surface area contributed by atoms with E-state index in [0.717, 1.165) is 0 Å². The van der Waals surface area contributed by atoms with E-state index in [4.69, 9.17) is 0 Å². The Morgan fingerprint density at radius 2 is 2.38 bits per heavy atom. The molecule has 1 heterocycles. The average molecular weight is 113 g/mol. The second kappa shape index (κ2) is 1.58. The van der Waals surface area contributed by atoms with E-state index in [2.05, 4.69) is 9.73 Å². The van der Waals surface area contributed by atoms with Crippen LogP contribution in [-0.2, 0) is 9.53 Å². The van der Waals surface area contributed by atoms with E-state index in [1.54, 1.807) is 13.8 Å². The molecule has 3 heteroatoms. The number of aliphatic imine (C=N–C) groups is 1. The highest BCUT2D eigenvalue weighted by Gasteiger charge is 2.18. The van der Waals surface area contributed by atoms with Gasteiger partial charge >= 0.3 is 5.97 Å². The van der Waals surface area contributed by atoms with Gasteiger partial charge in [-0.05, 0) is 13.8 Å². The summed E-state index contributed by atoms with van der Waals surface area (Å²) < 4.78 is 4.63. The Hall–Kier alpha value is -0.860. The molecule has 0 aromatic rings. The van der Waals surface area contributed by atoms with Gasteiger partial charge in [0.2, 0.25) is 0 Å². The van der Waals surface area contributed by atoms with Gasteiger partial charge in [0, 0.05) is 0 Å². The van der Waals surface area contributed by atoms with Crippen molar-refractivity contribution in [3.8, 4) is 0 Å². The number of hydrogen-bond acceptors (Lipinski definition) is 3. The molecule has 0 aromatic heterocycles. The maximum absolute atomic E-state index is 10.4. The Kier molecular flexibility index (Phi) is 1.04. The van der Waals surface area contributed by atoms with Crippen molar-refractivity contribution in [2.75, 3.05) is 0 Å². The summed E-state index contributed by atoms with van der Waals surface area (Å²) >= 11 is 0. The topological polar surface area (TPSA) is 38.7 Å². The lowest BCUT2D eigenvalue weighted by Gasteiger charge is -1.93. The average Bonchev–Trinajstić information content (AvgIpc) is 1.85. The van der Waals surface area contributed by atoms with Crippen LogP contribution in [0.25, 0.3) is 0 Å². The van der Waals surface area contributed by atoms with Gasteiger partial charge < -0.3 is 4.74 Å². The highest BCUT2D eigenvalue weighted by atomic mass is 16.6. The SMILES string of the molecule is CC1=NC(C)OC1=O. The van der Waals surface area contributed by atoms with Crippen LogP contribution in [0.3, 0.4) is 0 Å². The third kappa shape index (κ3) is 0.710. The predicted molar refractivity (Wildman–Crippen MR) is 28.7 cm³/mol. The minimum Gasteiger partial charge on any atom is -0.436 e. The van der Waals surface area contributed by atoms with Crippen molar-refractivity contribution in [2.24, 2.45) is 4.99 Å². The molecule has 0 spiro atoms. The fourth-order valence-corrected chi connectivity index (χ4v) is 0.592. The zero-order valence-corrected chi connectivity index (χ0v) is 4.84. The van der Waals surface area contributed by atoms with Crippen LogP contribution >= 0.6 is 0 Å². The molecular formula is C5H7NO2. The van der Waals surface area contributed by atoms with E-state index in [0.29, 0.717) is 5.71 Å². The lowest BCUT2D eigenvalue weighted by atomic mass is 10.4. The number of rotatable bonds is 0. The predicted octanol–water partition coefficient (Wildman–Crippen LogP) is 0.350. The van der Waals surface area contributed by atoms with Crippen LogP contribution in [0.2, 0.25) is 0 Å². The van der Waals surface area contributed by atoms with Crippen molar-refractivity contribution < 1.29 is 9.53 Å². The van der Waals surface area contributed by atoms with Gasteiger partial charge in [-0.15, -0.1) is 0 Å². The van der Waals surface area contributed by atoms with Crippen LogP contribution in [0.4, 0.5) is 0 Å². The molecule has 0 saturated carbocycles. The van der Waals surface area contributed by atoms with E-state index in [-0.39, 0.29) is 12.2 Å². The number of ether oxygens (including phenoxy) is 1. The number of carbonyl (C=O) groups is 1. The minimum atomic E-state index is -0.294. The van der Waals surface area contributed by atoms with E-state index >= 15 is 0 Å². The first-order valence-electron chi connectivity index (χ1n) is 2.45. The van der Waals surface area contributed by atoms with Crippen LogP contribution in [-0.4, -0.2) is 17.9 Å². The van der Waals surface area contributed by atoms with Gasteiger partial charge in [0.15, 0.2) is 6.23 Å². The Labute approximate surface area is 47.4 Å². The first-order valence-corrected chi connectivity index (χ1v) is 2.45. The number of esters is 1. The number of cyclic esters (lactones) is 1. The Bertz CT molecular complexity index is 151. The van der Waals surface area contributed by atoms with Crippen molar-refractivity contribution >= 4 is 11.7 Å². The molecule has 0 aromatic carbocycles. The van der Waals surface area contributed by atoms with Crippen molar-refractivity contribution in [3.63, 3.8) is 0 Å². The minimum absolute atomic E-state index is 0.262. The molecule has 0 saturated heterocycles. The van der Waals surface area contributed by atoms with Crippen LogP contribution in [0.1, 0.15) is 13.8 Å². The van der Waals surface area contributed by atoms with Gasteiger partial charge in [-0.3, -0.25) is 0 Å². The van der Waals surface area contributed by atoms with Crippen molar-refractivity contribution in [1.82, 2.24) is 0 Å². The number of carbonyl (C=O) groups excluding carboxylic acids is 1. The molecule has 0 N–H and O–H groups in total. The van der Waals surface area contributed by atoms with Crippen LogP contribution < -0.4 is 0 Å². The molecule has 0 radical (unpaired) electrons. The molecule has 1 atom stereocenters. The van der Waals surface area contributed by atoms with Crippen LogP contribution in [0.5, 0.6) is 0 Å². The molecule has 1 aliphatic rings. The van der Waals surface area contributed by atoms with E-state index in [1.807, 2.05) is 0 Å². The highest BCUT2D eigenvalue weighted by Crippen LogP contribution is 2.03. The maximum atomic E-state index is 10.4. The molecular weight excluding hydrogens is 106 g/mol. The third-order valence-electron chi connectivity index (χ3n) is 0.948. The summed E-state index contributed by atoms with van der Waals surface area (Å²) in [5.74, 6) is -0.294. The van der Waals surface area contributed by atoms with Gasteiger partial charge in [0.1, 0.15) is 5.71 Å². The summed E-state index contributed by atoms with van der Waals surface area (Å²) in [7, 11) is 0. The van der Waals surface area contributed by atoms with E-state index < -0.39 is 0 Å². The fraction of sp³-hybridized carbons (Fsp3) is 0.600. The highest BCUT2D eigenvalue weighted by molar-refractivity contribution is 6.36. The summed E-state index contributed by atoms with van der Waals surface area (Å²) in [4.78, 5) is 14.2. The smallest absolute Gasteiger partial charge is 0.354 e. The first-order chi connectivity index (χ1) is 3.70. The summed E-state index contributed by atoms with van der Waals surface area (Å²) in [6, 6.07) is 0. The zero-order chi connectivity index (χ0) is 6.15. The second-order valence-electron chi connectivity index (χ2n) is 1.72. The third-order valence-corrected chi connectivity index (χ3v) is 0.948. The van der Waals surface area contributed by atoms with Gasteiger partial charge in [0.25, 0.3) is 0 Å². The standard InChI is InChI=1S/C5H7NO2/c1-3-5(7)8-4(2)6-3/h4H,1-2H3. The summed E-state index contributed by atoms with van der Waals surface area (Å²) in [5, 5.41) is 0. The molecule has 3 nitrogen and oxygen atoms in total. The lowest BCUT2D eigenvalue weighted by molar-refractivity contribution is -0.136. The molecule has 0 bridgehead atoms. The Balaban J connectivity index is 2.73. The maximum Gasteiger partial charge on any atom is 0.354 e. The monoisotopic (exact) mass is 113 g/mol. The van der Waals surface area contributed by atoms with Crippen molar-refractivity contribution in [2.45, 2.75) is 20.1 Å². The zero-order valence-electron chi connectivity index (χ0n) is 4.84. The molecule has 0 amide bonds. The largest absolute Gasteiger partial charge is 0.436 e. The Morgan fingerprint density at radius 3 is 2.50 bits per heavy atom. The molecule has 1 rings (SSSR count). The molecule has 0 fully saturated rings. The Morgan fingerprint density at radius 1 is 1.75 bits per heavy atom. The molecule has 44 valence electrons. The molecule has 0 aliphatic carbocycles. The van der Waals surface area contributed by atoms with E-state index in [9.17, 15) is 4.79 Å². The number of nitrogens with zero attached hydrogens (tertiary/aromatic N) is 1. The molecule has 1 aliphatic heterocycles. The molecule has 8 heavy (non-hydrogen) atoms. The van der Waals surface area contributed by atoms with Crippen molar-refractivity contribution in [1.29, 1.82) is 0 Å². The molecule has 1 unspecified atom stereocenters. The van der Waals surface area contributed by atoms with Crippen LogP contribution in [0, 0.1) is 0 Å². The number of hydrogen-bond donors (Lipinski definition) is 0.